The first-order valence-electron chi connectivity index (χ1n) is 15.1. The summed E-state index contributed by atoms with van der Waals surface area (Å²) in [6.45, 7) is 11.1. The number of rotatable bonds is 12. The van der Waals surface area contributed by atoms with E-state index in [1.165, 1.54) is 24.1 Å². The topological polar surface area (TPSA) is 128 Å². The number of piperidine rings is 1. The molecule has 2 N–H and O–H groups in total. The van der Waals surface area contributed by atoms with Crippen molar-refractivity contribution >= 4 is 31.1 Å². The van der Waals surface area contributed by atoms with E-state index in [9.17, 15) is 14.7 Å². The summed E-state index contributed by atoms with van der Waals surface area (Å²) in [4.78, 5) is 35.9. The Labute approximate surface area is 253 Å². The Bertz CT molecular complexity index is 1470. The van der Waals surface area contributed by atoms with E-state index < -0.39 is 14.2 Å². The third-order valence-corrected chi connectivity index (χ3v) is 9.96. The molecule has 43 heavy (non-hydrogen) atoms. The molecule has 2 aromatic heterocycles. The summed E-state index contributed by atoms with van der Waals surface area (Å²) in [5.74, 6) is 1.71. The number of carboxylic acid groups (broad SMARTS) is 1. The summed E-state index contributed by atoms with van der Waals surface area (Å²) in [6, 6.07) is 6.59. The number of nitrogens with one attached hydrogen (secondary N) is 1. The highest BCUT2D eigenvalue weighted by Crippen LogP contribution is 2.39. The maximum absolute atomic E-state index is 13.8. The molecule has 1 saturated carbocycles. The molecule has 12 heteroatoms. The predicted molar refractivity (Wildman–Crippen MR) is 167 cm³/mol. The van der Waals surface area contributed by atoms with Gasteiger partial charge in [-0.05, 0) is 62.8 Å². The number of methoxy groups -OCH3 is 1. The number of amides is 2. The Kier molecular flexibility index (Phi) is 9.26. The van der Waals surface area contributed by atoms with Crippen LogP contribution in [0.4, 0.5) is 4.79 Å². The molecule has 3 heterocycles. The molecule has 0 bridgehead atoms. The molecule has 1 saturated heterocycles. The van der Waals surface area contributed by atoms with Gasteiger partial charge in [0.2, 0.25) is 0 Å². The first-order valence-corrected chi connectivity index (χ1v) is 18.8. The van der Waals surface area contributed by atoms with Gasteiger partial charge in [-0.15, -0.1) is 0 Å². The normalized spacial score (nSPS) is 16.0. The second-order valence-electron chi connectivity index (χ2n) is 12.8. The van der Waals surface area contributed by atoms with Crippen molar-refractivity contribution in [1.82, 2.24) is 24.8 Å². The van der Waals surface area contributed by atoms with Gasteiger partial charge in [-0.25, -0.2) is 14.8 Å². The molecule has 2 aliphatic rings. The first-order chi connectivity index (χ1) is 20.6. The molecule has 0 unspecified atom stereocenters. The number of fused-ring (bicyclic) bond motifs is 1. The van der Waals surface area contributed by atoms with Crippen molar-refractivity contribution in [1.29, 1.82) is 0 Å². The predicted octanol–water partition coefficient (Wildman–Crippen LogP) is 5.39. The SMILES string of the molecule is COc1ccc(OCC2CC2)c(-c2ncnc3c(C(=O)NC4CCN(C(=O)O)CC4)c(C)n(COCC[Si](C)(C)C)c23)c1. The minimum absolute atomic E-state index is 0.129. The van der Waals surface area contributed by atoms with E-state index in [4.69, 9.17) is 19.2 Å². The van der Waals surface area contributed by atoms with Gasteiger partial charge in [-0.1, -0.05) is 19.6 Å². The maximum Gasteiger partial charge on any atom is 0.407 e. The number of likely N-dealkylation sites (tertiary alicyclic amines) is 1. The number of nitrogens with zero attached hydrogens (tertiary/aromatic N) is 4. The van der Waals surface area contributed by atoms with Crippen molar-refractivity contribution < 1.29 is 28.9 Å². The molecule has 5 rings (SSSR count). The van der Waals surface area contributed by atoms with E-state index in [1.54, 1.807) is 7.11 Å². The molecular weight excluding hydrogens is 566 g/mol. The highest BCUT2D eigenvalue weighted by Gasteiger charge is 2.29. The van der Waals surface area contributed by atoms with Crippen LogP contribution in [0.1, 0.15) is 41.7 Å². The van der Waals surface area contributed by atoms with Crippen molar-refractivity contribution in [2.45, 2.75) is 71.1 Å². The number of hydrogen-bond donors (Lipinski definition) is 2. The van der Waals surface area contributed by atoms with Crippen molar-refractivity contribution in [3.05, 3.63) is 35.8 Å². The van der Waals surface area contributed by atoms with Crippen LogP contribution >= 0.6 is 0 Å². The average Bonchev–Trinajstić information content (AvgIpc) is 3.76. The molecule has 2 fully saturated rings. The lowest BCUT2D eigenvalue weighted by molar-refractivity contribution is 0.0874. The van der Waals surface area contributed by atoms with Gasteiger partial charge in [0.1, 0.15) is 35.8 Å². The maximum atomic E-state index is 13.8. The fourth-order valence-corrected chi connectivity index (χ4v) is 6.12. The van der Waals surface area contributed by atoms with Crippen LogP contribution in [-0.2, 0) is 11.5 Å². The third-order valence-electron chi connectivity index (χ3n) is 8.25. The Balaban J connectivity index is 1.53. The molecule has 0 spiro atoms. The summed E-state index contributed by atoms with van der Waals surface area (Å²) in [5.41, 5.74) is 3.84. The number of hydrogen-bond acceptors (Lipinski definition) is 7. The van der Waals surface area contributed by atoms with Gasteiger partial charge in [0.05, 0.1) is 24.8 Å². The van der Waals surface area contributed by atoms with Gasteiger partial charge >= 0.3 is 6.09 Å². The smallest absolute Gasteiger partial charge is 0.407 e. The van der Waals surface area contributed by atoms with Crippen LogP contribution in [0.25, 0.3) is 22.3 Å². The molecule has 2 amide bonds. The lowest BCUT2D eigenvalue weighted by atomic mass is 10.0. The number of carbonyl (C=O) groups is 2. The molecule has 1 aliphatic carbocycles. The summed E-state index contributed by atoms with van der Waals surface area (Å²) in [6.07, 6.45) is 4.02. The van der Waals surface area contributed by atoms with E-state index in [0.29, 0.717) is 78.9 Å². The second kappa shape index (κ2) is 12.9. The average molecular weight is 610 g/mol. The van der Waals surface area contributed by atoms with Crippen LogP contribution in [0.3, 0.4) is 0 Å². The molecule has 232 valence electrons. The van der Waals surface area contributed by atoms with Crippen LogP contribution < -0.4 is 14.8 Å². The Hall–Kier alpha value is -3.64. The molecule has 0 atom stereocenters. The summed E-state index contributed by atoms with van der Waals surface area (Å²) in [5, 5.41) is 12.5. The molecule has 1 aliphatic heterocycles. The van der Waals surface area contributed by atoms with Crippen molar-refractivity contribution in [2.75, 3.05) is 33.4 Å². The van der Waals surface area contributed by atoms with Crippen LogP contribution in [0, 0.1) is 12.8 Å². The summed E-state index contributed by atoms with van der Waals surface area (Å²) in [7, 11) is 0.326. The van der Waals surface area contributed by atoms with Crippen molar-refractivity contribution in [3.63, 3.8) is 0 Å². The quantitative estimate of drug-likeness (QED) is 0.207. The Morgan fingerprint density at radius 2 is 1.86 bits per heavy atom. The van der Waals surface area contributed by atoms with E-state index in [0.717, 1.165) is 17.3 Å². The zero-order valence-electron chi connectivity index (χ0n) is 25.8. The molecule has 0 radical (unpaired) electrons. The van der Waals surface area contributed by atoms with Gasteiger partial charge in [0, 0.05) is 45.1 Å². The number of aromatic nitrogens is 3. The first kappa shape index (κ1) is 30.8. The molecule has 11 nitrogen and oxygen atoms in total. The van der Waals surface area contributed by atoms with E-state index in [1.807, 2.05) is 29.7 Å². The van der Waals surface area contributed by atoms with Gasteiger partial charge < -0.3 is 34.1 Å². The van der Waals surface area contributed by atoms with Gasteiger partial charge in [-0.2, -0.15) is 0 Å². The minimum Gasteiger partial charge on any atom is -0.497 e. The van der Waals surface area contributed by atoms with Crippen LogP contribution in [0.2, 0.25) is 25.7 Å². The fourth-order valence-electron chi connectivity index (χ4n) is 5.37. The van der Waals surface area contributed by atoms with E-state index >= 15 is 0 Å². The Morgan fingerprint density at radius 3 is 2.51 bits per heavy atom. The number of benzene rings is 1. The van der Waals surface area contributed by atoms with Crippen LogP contribution in [0.15, 0.2) is 24.5 Å². The largest absolute Gasteiger partial charge is 0.497 e. The van der Waals surface area contributed by atoms with Gasteiger partial charge in [-0.3, -0.25) is 4.79 Å². The fraction of sp³-hybridized carbons (Fsp3) is 0.548. The summed E-state index contributed by atoms with van der Waals surface area (Å²) >= 11 is 0. The Morgan fingerprint density at radius 1 is 1.12 bits per heavy atom. The molecule has 1 aromatic carbocycles. The van der Waals surface area contributed by atoms with Crippen molar-refractivity contribution in [3.8, 4) is 22.8 Å². The molecular formula is C31H43N5O6Si. The minimum atomic E-state index is -1.30. The van der Waals surface area contributed by atoms with Crippen LogP contribution in [-0.4, -0.2) is 84.1 Å². The highest BCUT2D eigenvalue weighted by molar-refractivity contribution is 6.76. The molecule has 3 aromatic rings. The van der Waals surface area contributed by atoms with Gasteiger partial charge in [0.15, 0.2) is 0 Å². The van der Waals surface area contributed by atoms with Crippen molar-refractivity contribution in [2.24, 2.45) is 5.92 Å². The lowest BCUT2D eigenvalue weighted by Gasteiger charge is -2.30. The number of carbonyl (C=O) groups excluding carboxylic acids is 1. The lowest BCUT2D eigenvalue weighted by Crippen LogP contribution is -2.46. The third kappa shape index (κ3) is 7.30. The van der Waals surface area contributed by atoms with Gasteiger partial charge in [0.25, 0.3) is 5.91 Å². The second-order valence-corrected chi connectivity index (χ2v) is 18.4. The number of ether oxygens (including phenoxy) is 3. The standard InChI is InChI=1S/C31H43N5O6Si/c1-20-26(30(37)34-22-10-12-35(13-11-22)31(38)39)28-29(36(20)19-41-14-15-43(3,4)5)27(32-18-33-28)24-16-23(40-2)8-9-25(24)42-17-21-6-7-21/h8-9,16,18,21-22H,6-7,10-15,17,19H2,1-5H3,(H,34,37)(H,38,39). The van der Waals surface area contributed by atoms with Crippen LogP contribution in [0.5, 0.6) is 11.5 Å². The highest BCUT2D eigenvalue weighted by atomic mass is 28.3. The zero-order valence-corrected chi connectivity index (χ0v) is 26.8. The van der Waals surface area contributed by atoms with E-state index in [2.05, 4.69) is 29.9 Å². The summed E-state index contributed by atoms with van der Waals surface area (Å²) < 4.78 is 20.0. The zero-order chi connectivity index (χ0) is 30.7. The van der Waals surface area contributed by atoms with E-state index in [-0.39, 0.29) is 18.7 Å². The monoisotopic (exact) mass is 609 g/mol.